The molecule has 1 saturated carbocycles. The summed E-state index contributed by atoms with van der Waals surface area (Å²) in [6.45, 7) is 4.36. The first kappa shape index (κ1) is 14.4. The van der Waals surface area contributed by atoms with Gasteiger partial charge in [-0.25, -0.2) is 9.38 Å². The van der Waals surface area contributed by atoms with Crippen LogP contribution in [-0.2, 0) is 0 Å². The lowest BCUT2D eigenvalue weighted by molar-refractivity contribution is 0.272. The molecule has 1 aliphatic carbocycles. The molecule has 0 aromatic heterocycles. The van der Waals surface area contributed by atoms with E-state index in [1.807, 2.05) is 12.1 Å². The van der Waals surface area contributed by atoms with Gasteiger partial charge < -0.3 is 10.6 Å². The van der Waals surface area contributed by atoms with Gasteiger partial charge in [-0.1, -0.05) is 19.1 Å². The lowest BCUT2D eigenvalue weighted by Gasteiger charge is -2.36. The van der Waals surface area contributed by atoms with Crippen molar-refractivity contribution in [3.63, 3.8) is 0 Å². The van der Waals surface area contributed by atoms with Gasteiger partial charge in [-0.3, -0.25) is 0 Å². The maximum absolute atomic E-state index is 12.9. The molecule has 0 bridgehead atoms. The number of nitrogens with zero attached hydrogens (tertiary/aromatic N) is 2. The summed E-state index contributed by atoms with van der Waals surface area (Å²) in [6.07, 6.45) is 4.46. The van der Waals surface area contributed by atoms with Crippen LogP contribution in [0.1, 0.15) is 44.1 Å². The minimum absolute atomic E-state index is 0.170. The number of nitrogens with two attached hydrogens (primary N) is 1. The summed E-state index contributed by atoms with van der Waals surface area (Å²) in [5.41, 5.74) is 7.35. The molecular formula is C17H24FN3. The summed E-state index contributed by atoms with van der Waals surface area (Å²) < 4.78 is 12.9. The van der Waals surface area contributed by atoms with Gasteiger partial charge in [0, 0.05) is 13.1 Å². The lowest BCUT2D eigenvalue weighted by Crippen LogP contribution is -2.44. The predicted molar refractivity (Wildman–Crippen MR) is 83.8 cm³/mol. The number of piperidine rings is 1. The zero-order valence-electron chi connectivity index (χ0n) is 12.6. The molecule has 0 radical (unpaired) electrons. The third-order valence-corrected chi connectivity index (χ3v) is 4.88. The Morgan fingerprint density at radius 1 is 1.19 bits per heavy atom. The monoisotopic (exact) mass is 289 g/mol. The van der Waals surface area contributed by atoms with E-state index in [2.05, 4.69) is 16.8 Å². The Hall–Kier alpha value is -1.58. The molecule has 0 spiro atoms. The van der Waals surface area contributed by atoms with Gasteiger partial charge in [0.15, 0.2) is 5.96 Å². The minimum Gasteiger partial charge on any atom is -0.370 e. The van der Waals surface area contributed by atoms with E-state index in [1.54, 1.807) is 0 Å². The summed E-state index contributed by atoms with van der Waals surface area (Å²) >= 11 is 0. The molecule has 114 valence electrons. The first-order chi connectivity index (χ1) is 10.1. The summed E-state index contributed by atoms with van der Waals surface area (Å²) in [5, 5.41) is 0. The molecule has 0 atom stereocenters. The Kier molecular flexibility index (Phi) is 4.13. The topological polar surface area (TPSA) is 41.6 Å². The van der Waals surface area contributed by atoms with Crippen molar-refractivity contribution in [2.75, 3.05) is 13.1 Å². The van der Waals surface area contributed by atoms with E-state index >= 15 is 0 Å². The summed E-state index contributed by atoms with van der Waals surface area (Å²) in [6, 6.07) is 7.18. The van der Waals surface area contributed by atoms with Crippen molar-refractivity contribution in [3.05, 3.63) is 35.6 Å². The fourth-order valence-electron chi connectivity index (χ4n) is 3.21. The van der Waals surface area contributed by atoms with Crippen LogP contribution in [0.25, 0.3) is 0 Å². The molecule has 21 heavy (non-hydrogen) atoms. The smallest absolute Gasteiger partial charge is 0.191 e. The van der Waals surface area contributed by atoms with Crippen LogP contribution in [-0.4, -0.2) is 30.0 Å². The Labute approximate surface area is 126 Å². The first-order valence-electron chi connectivity index (χ1n) is 7.95. The van der Waals surface area contributed by atoms with Crippen LogP contribution in [0.4, 0.5) is 4.39 Å². The van der Waals surface area contributed by atoms with Crippen molar-refractivity contribution >= 4 is 5.96 Å². The number of benzene rings is 1. The second-order valence-corrected chi connectivity index (χ2v) is 6.53. The van der Waals surface area contributed by atoms with E-state index in [-0.39, 0.29) is 5.82 Å². The highest BCUT2D eigenvalue weighted by atomic mass is 19.1. The zero-order chi connectivity index (χ0) is 14.8. The summed E-state index contributed by atoms with van der Waals surface area (Å²) in [7, 11) is 0. The van der Waals surface area contributed by atoms with Crippen molar-refractivity contribution < 1.29 is 4.39 Å². The van der Waals surface area contributed by atoms with E-state index in [9.17, 15) is 4.39 Å². The number of rotatable bonds is 2. The lowest BCUT2D eigenvalue weighted by atomic mass is 9.76. The molecule has 1 aromatic rings. The van der Waals surface area contributed by atoms with Gasteiger partial charge in [-0.15, -0.1) is 0 Å². The zero-order valence-corrected chi connectivity index (χ0v) is 12.6. The third-order valence-electron chi connectivity index (χ3n) is 4.88. The molecule has 0 unspecified atom stereocenters. The van der Waals surface area contributed by atoms with Crippen LogP contribution >= 0.6 is 0 Å². The summed E-state index contributed by atoms with van der Waals surface area (Å²) in [5.74, 6) is 1.86. The van der Waals surface area contributed by atoms with E-state index in [4.69, 9.17) is 5.73 Å². The number of halogens is 1. The normalized spacial score (nSPS) is 27.5. The molecule has 1 aliphatic heterocycles. The van der Waals surface area contributed by atoms with Gasteiger partial charge in [-0.2, -0.15) is 0 Å². The van der Waals surface area contributed by atoms with Gasteiger partial charge in [0.05, 0.1) is 6.04 Å². The van der Waals surface area contributed by atoms with Crippen LogP contribution in [0.15, 0.2) is 29.3 Å². The molecule has 2 N–H and O–H groups in total. The predicted octanol–water partition coefficient (Wildman–Crippen LogP) is 3.12. The standard InChI is InChI=1S/C17H24FN3/c1-12-6-8-21(9-7-12)17(19)20-16-10-14(11-16)13-2-4-15(18)5-3-13/h2-5,12,14,16H,6-11H2,1H3,(H2,19,20). The maximum atomic E-state index is 12.9. The van der Waals surface area contributed by atoms with Crippen LogP contribution in [0.5, 0.6) is 0 Å². The highest BCUT2D eigenvalue weighted by Crippen LogP contribution is 2.38. The average molecular weight is 289 g/mol. The van der Waals surface area contributed by atoms with Crippen LogP contribution in [0, 0.1) is 11.7 Å². The van der Waals surface area contributed by atoms with Gasteiger partial charge in [-0.05, 0) is 55.2 Å². The largest absolute Gasteiger partial charge is 0.370 e. The SMILES string of the molecule is CC1CCN(C(N)=NC2CC(c3ccc(F)cc3)C2)CC1. The van der Waals surface area contributed by atoms with Crippen LogP contribution in [0.2, 0.25) is 0 Å². The third kappa shape index (κ3) is 3.36. The highest BCUT2D eigenvalue weighted by molar-refractivity contribution is 5.78. The number of likely N-dealkylation sites (tertiary alicyclic amines) is 1. The molecule has 1 saturated heterocycles. The molecular weight excluding hydrogens is 265 g/mol. The first-order valence-corrected chi connectivity index (χ1v) is 7.95. The van der Waals surface area contributed by atoms with Crippen molar-refractivity contribution in [2.24, 2.45) is 16.6 Å². The summed E-state index contributed by atoms with van der Waals surface area (Å²) in [4.78, 5) is 6.88. The van der Waals surface area contributed by atoms with Gasteiger partial charge in [0.1, 0.15) is 5.82 Å². The van der Waals surface area contributed by atoms with Gasteiger partial charge >= 0.3 is 0 Å². The van der Waals surface area contributed by atoms with Crippen molar-refractivity contribution in [1.82, 2.24) is 4.90 Å². The second-order valence-electron chi connectivity index (χ2n) is 6.53. The Morgan fingerprint density at radius 3 is 2.43 bits per heavy atom. The van der Waals surface area contributed by atoms with Crippen molar-refractivity contribution in [3.8, 4) is 0 Å². The molecule has 1 heterocycles. The molecule has 0 amide bonds. The van der Waals surface area contributed by atoms with Crippen molar-refractivity contribution in [2.45, 2.75) is 44.6 Å². The van der Waals surface area contributed by atoms with E-state index in [0.717, 1.165) is 31.8 Å². The van der Waals surface area contributed by atoms with Gasteiger partial charge in [0.25, 0.3) is 0 Å². The van der Waals surface area contributed by atoms with Gasteiger partial charge in [0.2, 0.25) is 0 Å². The number of hydrogen-bond donors (Lipinski definition) is 1. The minimum atomic E-state index is -0.170. The fourth-order valence-corrected chi connectivity index (χ4v) is 3.21. The molecule has 1 aromatic carbocycles. The fraction of sp³-hybridized carbons (Fsp3) is 0.588. The van der Waals surface area contributed by atoms with Crippen LogP contribution < -0.4 is 5.73 Å². The Balaban J connectivity index is 1.51. The van der Waals surface area contributed by atoms with E-state index in [1.165, 1.54) is 30.5 Å². The van der Waals surface area contributed by atoms with Crippen molar-refractivity contribution in [1.29, 1.82) is 0 Å². The maximum Gasteiger partial charge on any atom is 0.191 e. The molecule has 2 aliphatic rings. The molecule has 4 heteroatoms. The number of aliphatic imine (C=N–C) groups is 1. The molecule has 2 fully saturated rings. The average Bonchev–Trinajstić information content (AvgIpc) is 2.44. The molecule has 3 nitrogen and oxygen atoms in total. The highest BCUT2D eigenvalue weighted by Gasteiger charge is 2.30. The van der Waals surface area contributed by atoms with E-state index < -0.39 is 0 Å². The Morgan fingerprint density at radius 2 is 1.81 bits per heavy atom. The number of guanidine groups is 1. The van der Waals surface area contributed by atoms with E-state index in [0.29, 0.717) is 17.9 Å². The Bertz CT molecular complexity index is 497. The number of hydrogen-bond acceptors (Lipinski definition) is 1. The molecule has 3 rings (SSSR count). The quantitative estimate of drug-likeness (QED) is 0.671. The van der Waals surface area contributed by atoms with Crippen LogP contribution in [0.3, 0.4) is 0 Å². The second kappa shape index (κ2) is 6.04.